The zero-order valence-electron chi connectivity index (χ0n) is 14.1. The first-order valence-corrected chi connectivity index (χ1v) is 8.83. The number of hydrogen-bond donors (Lipinski definition) is 1. The molecular formula is C17H33N3O. The number of carbonyl (C=O) groups is 1. The van der Waals surface area contributed by atoms with Crippen LogP contribution in [-0.2, 0) is 4.79 Å². The predicted octanol–water partition coefficient (Wildman–Crippen LogP) is 2.10. The van der Waals surface area contributed by atoms with E-state index in [1.54, 1.807) is 0 Å². The highest BCUT2D eigenvalue weighted by Gasteiger charge is 2.27. The molecule has 2 fully saturated rings. The number of amides is 1. The Bertz CT molecular complexity index is 318. The summed E-state index contributed by atoms with van der Waals surface area (Å²) in [5.74, 6) is 1.10. The minimum absolute atomic E-state index is 0.00392. The average molecular weight is 295 g/mol. The molecule has 0 aromatic heterocycles. The van der Waals surface area contributed by atoms with Crippen LogP contribution in [-0.4, -0.2) is 60.5 Å². The fourth-order valence-corrected chi connectivity index (χ4v) is 3.64. The van der Waals surface area contributed by atoms with Gasteiger partial charge in [-0.2, -0.15) is 0 Å². The van der Waals surface area contributed by atoms with E-state index in [4.69, 9.17) is 0 Å². The number of nitrogens with one attached hydrogen (secondary N) is 1. The topological polar surface area (TPSA) is 35.6 Å². The van der Waals surface area contributed by atoms with Crippen LogP contribution in [0.25, 0.3) is 0 Å². The van der Waals surface area contributed by atoms with Crippen molar-refractivity contribution in [1.82, 2.24) is 15.1 Å². The Kier molecular flexibility index (Phi) is 6.49. The fraction of sp³-hybridized carbons (Fsp3) is 0.941. The molecule has 21 heavy (non-hydrogen) atoms. The second kappa shape index (κ2) is 8.14. The molecule has 0 radical (unpaired) electrons. The summed E-state index contributed by atoms with van der Waals surface area (Å²) >= 11 is 0. The average Bonchev–Trinajstić information content (AvgIpc) is 2.47. The highest BCUT2D eigenvalue weighted by molar-refractivity contribution is 5.81. The molecule has 2 rings (SSSR count). The van der Waals surface area contributed by atoms with Gasteiger partial charge in [-0.1, -0.05) is 19.3 Å². The van der Waals surface area contributed by atoms with Gasteiger partial charge >= 0.3 is 0 Å². The lowest BCUT2D eigenvalue weighted by atomic mass is 9.89. The molecule has 122 valence electrons. The SMILES string of the molecule is CC(C)NC(=O)C(C)N1CCN(CC2CCCCC2)CC1. The Hall–Kier alpha value is -0.610. The lowest BCUT2D eigenvalue weighted by Crippen LogP contribution is -2.55. The van der Waals surface area contributed by atoms with E-state index < -0.39 is 0 Å². The van der Waals surface area contributed by atoms with Crippen molar-refractivity contribution in [1.29, 1.82) is 0 Å². The summed E-state index contributed by atoms with van der Waals surface area (Å²) in [7, 11) is 0. The van der Waals surface area contributed by atoms with Crippen molar-refractivity contribution in [2.24, 2.45) is 5.92 Å². The lowest BCUT2D eigenvalue weighted by molar-refractivity contribution is -0.127. The Morgan fingerprint density at radius 1 is 1.05 bits per heavy atom. The summed E-state index contributed by atoms with van der Waals surface area (Å²) in [6.07, 6.45) is 7.14. The largest absolute Gasteiger partial charge is 0.353 e. The molecule has 1 aliphatic heterocycles. The van der Waals surface area contributed by atoms with Crippen LogP contribution >= 0.6 is 0 Å². The zero-order chi connectivity index (χ0) is 15.2. The summed E-state index contributed by atoms with van der Waals surface area (Å²) in [5, 5.41) is 3.02. The van der Waals surface area contributed by atoms with Crippen molar-refractivity contribution in [3.63, 3.8) is 0 Å². The van der Waals surface area contributed by atoms with Gasteiger partial charge in [-0.15, -0.1) is 0 Å². The van der Waals surface area contributed by atoms with Gasteiger partial charge in [-0.3, -0.25) is 9.69 Å². The van der Waals surface area contributed by atoms with E-state index in [2.05, 4.69) is 15.1 Å². The Balaban J connectivity index is 1.70. The van der Waals surface area contributed by atoms with Crippen molar-refractivity contribution in [3.8, 4) is 0 Å². The number of nitrogens with zero attached hydrogens (tertiary/aromatic N) is 2. The van der Waals surface area contributed by atoms with Crippen LogP contribution < -0.4 is 5.32 Å². The van der Waals surface area contributed by atoms with Crippen LogP contribution in [0.5, 0.6) is 0 Å². The van der Waals surface area contributed by atoms with Crippen molar-refractivity contribution in [2.45, 2.75) is 65.0 Å². The van der Waals surface area contributed by atoms with Gasteiger partial charge in [0.1, 0.15) is 0 Å². The molecule has 1 atom stereocenters. The standard InChI is InChI=1S/C17H33N3O/c1-14(2)18-17(21)15(3)20-11-9-19(10-12-20)13-16-7-5-4-6-8-16/h14-16H,4-13H2,1-3H3,(H,18,21). The third kappa shape index (κ3) is 5.26. The third-order valence-corrected chi connectivity index (χ3v) is 5.01. The van der Waals surface area contributed by atoms with E-state index >= 15 is 0 Å². The molecule has 1 heterocycles. The number of rotatable bonds is 5. The lowest BCUT2D eigenvalue weighted by Gasteiger charge is -2.39. The first-order valence-electron chi connectivity index (χ1n) is 8.83. The predicted molar refractivity (Wildman–Crippen MR) is 87.3 cm³/mol. The van der Waals surface area contributed by atoms with Gasteiger partial charge in [-0.25, -0.2) is 0 Å². The van der Waals surface area contributed by atoms with Gasteiger partial charge in [0, 0.05) is 38.8 Å². The van der Waals surface area contributed by atoms with E-state index in [1.807, 2.05) is 20.8 Å². The van der Waals surface area contributed by atoms with Crippen LogP contribution in [0, 0.1) is 5.92 Å². The molecule has 4 nitrogen and oxygen atoms in total. The van der Waals surface area contributed by atoms with Crippen LogP contribution in [0.4, 0.5) is 0 Å². The molecule has 1 saturated carbocycles. The molecule has 1 amide bonds. The van der Waals surface area contributed by atoms with Crippen molar-refractivity contribution in [3.05, 3.63) is 0 Å². The first-order chi connectivity index (χ1) is 10.1. The molecular weight excluding hydrogens is 262 g/mol. The summed E-state index contributed by atoms with van der Waals surface area (Å²) in [4.78, 5) is 17.0. The summed E-state index contributed by atoms with van der Waals surface area (Å²) in [6, 6.07) is 0.233. The Morgan fingerprint density at radius 3 is 2.24 bits per heavy atom. The Morgan fingerprint density at radius 2 is 1.67 bits per heavy atom. The van der Waals surface area contributed by atoms with Crippen LogP contribution in [0.1, 0.15) is 52.9 Å². The van der Waals surface area contributed by atoms with E-state index in [-0.39, 0.29) is 18.0 Å². The molecule has 0 spiro atoms. The molecule has 0 aromatic rings. The van der Waals surface area contributed by atoms with E-state index in [9.17, 15) is 4.79 Å². The van der Waals surface area contributed by atoms with Gasteiger partial charge in [0.2, 0.25) is 5.91 Å². The van der Waals surface area contributed by atoms with Crippen LogP contribution in [0.15, 0.2) is 0 Å². The summed E-state index contributed by atoms with van der Waals surface area (Å²) in [5.41, 5.74) is 0. The normalized spacial score (nSPS) is 24.2. The zero-order valence-corrected chi connectivity index (χ0v) is 14.1. The minimum atomic E-state index is 0.00392. The Labute approximate surface area is 130 Å². The van der Waals surface area contributed by atoms with Crippen LogP contribution in [0.3, 0.4) is 0 Å². The second-order valence-electron chi connectivity index (χ2n) is 7.18. The molecule has 1 N–H and O–H groups in total. The second-order valence-corrected chi connectivity index (χ2v) is 7.18. The third-order valence-electron chi connectivity index (χ3n) is 5.01. The number of hydrogen-bond acceptors (Lipinski definition) is 3. The molecule has 0 bridgehead atoms. The van der Waals surface area contributed by atoms with Crippen molar-refractivity contribution < 1.29 is 4.79 Å². The fourth-order valence-electron chi connectivity index (χ4n) is 3.64. The molecule has 4 heteroatoms. The number of carbonyl (C=O) groups excluding carboxylic acids is 1. The van der Waals surface area contributed by atoms with Gasteiger partial charge in [0.25, 0.3) is 0 Å². The van der Waals surface area contributed by atoms with Crippen molar-refractivity contribution >= 4 is 5.91 Å². The molecule has 1 saturated heterocycles. The van der Waals surface area contributed by atoms with Gasteiger partial charge in [0.15, 0.2) is 0 Å². The molecule has 1 aliphatic carbocycles. The maximum Gasteiger partial charge on any atom is 0.237 e. The summed E-state index contributed by atoms with van der Waals surface area (Å²) < 4.78 is 0. The van der Waals surface area contributed by atoms with Crippen LogP contribution in [0.2, 0.25) is 0 Å². The van der Waals surface area contributed by atoms with E-state index in [1.165, 1.54) is 38.6 Å². The first kappa shape index (κ1) is 16.8. The van der Waals surface area contributed by atoms with Gasteiger partial charge in [-0.05, 0) is 39.5 Å². The summed E-state index contributed by atoms with van der Waals surface area (Å²) in [6.45, 7) is 11.7. The van der Waals surface area contributed by atoms with Gasteiger partial charge < -0.3 is 10.2 Å². The molecule has 2 aliphatic rings. The quantitative estimate of drug-likeness (QED) is 0.844. The highest BCUT2D eigenvalue weighted by atomic mass is 16.2. The smallest absolute Gasteiger partial charge is 0.237 e. The molecule has 1 unspecified atom stereocenters. The monoisotopic (exact) mass is 295 g/mol. The van der Waals surface area contributed by atoms with E-state index in [0.29, 0.717) is 0 Å². The van der Waals surface area contributed by atoms with E-state index in [0.717, 1.165) is 32.1 Å². The minimum Gasteiger partial charge on any atom is -0.353 e. The van der Waals surface area contributed by atoms with Crippen molar-refractivity contribution in [2.75, 3.05) is 32.7 Å². The van der Waals surface area contributed by atoms with Gasteiger partial charge in [0.05, 0.1) is 6.04 Å². The maximum atomic E-state index is 12.1. The molecule has 0 aromatic carbocycles. The highest BCUT2D eigenvalue weighted by Crippen LogP contribution is 2.24. The maximum absolute atomic E-state index is 12.1. The number of piperazine rings is 1.